The number of aromatic nitrogens is 2. The summed E-state index contributed by atoms with van der Waals surface area (Å²) in [7, 11) is 0. The van der Waals surface area contributed by atoms with Crippen LogP contribution < -0.4 is 14.5 Å². The van der Waals surface area contributed by atoms with Crippen molar-refractivity contribution in [3.05, 3.63) is 88.6 Å². The molecule has 0 radical (unpaired) electrons. The van der Waals surface area contributed by atoms with Gasteiger partial charge in [-0.15, -0.1) is 0 Å². The minimum Gasteiger partial charge on any atom is -0.463 e. The van der Waals surface area contributed by atoms with Gasteiger partial charge in [0, 0.05) is 61.8 Å². The number of ether oxygens (including phenoxy) is 3. The van der Waals surface area contributed by atoms with Crippen molar-refractivity contribution in [2.75, 3.05) is 55.7 Å². The molecule has 13 heteroatoms. The monoisotopic (exact) mass is 751 g/mol. The first-order valence-electron chi connectivity index (χ1n) is 18.6. The number of halogens is 1. The number of anilines is 2. The minimum absolute atomic E-state index is 0.0976. The molecular formula is C41H46ClN7O5. The maximum absolute atomic E-state index is 13.3. The third-order valence-corrected chi connectivity index (χ3v) is 10.4. The first kappa shape index (κ1) is 37.1. The van der Waals surface area contributed by atoms with Crippen LogP contribution in [0.5, 0.6) is 6.01 Å². The fourth-order valence-corrected chi connectivity index (χ4v) is 7.76. The second-order valence-electron chi connectivity index (χ2n) is 15.1. The van der Waals surface area contributed by atoms with Crippen molar-refractivity contribution in [2.45, 2.75) is 64.8 Å². The van der Waals surface area contributed by atoms with Gasteiger partial charge in [0.05, 0.1) is 42.4 Å². The number of carbonyl (C=O) groups excluding carboxylic acids is 2. The van der Waals surface area contributed by atoms with Crippen molar-refractivity contribution in [1.29, 1.82) is 5.26 Å². The summed E-state index contributed by atoms with van der Waals surface area (Å²) in [5.41, 5.74) is 3.25. The summed E-state index contributed by atoms with van der Waals surface area (Å²) >= 11 is 6.75. The van der Waals surface area contributed by atoms with Gasteiger partial charge in [-0.2, -0.15) is 15.2 Å². The molecule has 282 valence electrons. The molecule has 2 atom stereocenters. The summed E-state index contributed by atoms with van der Waals surface area (Å²) in [6.45, 7) is 9.76. The molecule has 3 aliphatic heterocycles. The number of carbonyl (C=O) groups is 2. The van der Waals surface area contributed by atoms with E-state index in [0.29, 0.717) is 57.3 Å². The van der Waals surface area contributed by atoms with Crippen LogP contribution >= 0.6 is 11.6 Å². The molecule has 1 aromatic heterocycles. The van der Waals surface area contributed by atoms with Gasteiger partial charge >= 0.3 is 18.2 Å². The van der Waals surface area contributed by atoms with E-state index in [1.54, 1.807) is 9.80 Å². The number of nitriles is 1. The summed E-state index contributed by atoms with van der Waals surface area (Å²) in [5.74, 6) is 0.855. The van der Waals surface area contributed by atoms with E-state index in [1.165, 1.54) is 0 Å². The van der Waals surface area contributed by atoms with Crippen LogP contribution in [0.2, 0.25) is 5.02 Å². The van der Waals surface area contributed by atoms with E-state index in [1.807, 2.05) is 69.3 Å². The predicted octanol–water partition coefficient (Wildman–Crippen LogP) is 7.22. The average Bonchev–Trinajstić information content (AvgIpc) is 3.65. The van der Waals surface area contributed by atoms with E-state index < -0.39 is 17.7 Å². The molecule has 0 saturated carbocycles. The van der Waals surface area contributed by atoms with Crippen molar-refractivity contribution < 1.29 is 23.8 Å². The number of benzene rings is 3. The number of piperazine rings is 1. The highest BCUT2D eigenvalue weighted by Gasteiger charge is 2.36. The number of hydrogen-bond donors (Lipinski definition) is 0. The molecule has 2 fully saturated rings. The fourth-order valence-electron chi connectivity index (χ4n) is 7.48. The molecule has 3 aromatic carbocycles. The molecule has 54 heavy (non-hydrogen) atoms. The van der Waals surface area contributed by atoms with E-state index in [4.69, 9.17) is 35.8 Å². The van der Waals surface area contributed by atoms with Gasteiger partial charge in [0.25, 0.3) is 0 Å². The van der Waals surface area contributed by atoms with Crippen LogP contribution in [0.3, 0.4) is 0 Å². The third kappa shape index (κ3) is 8.42. The number of rotatable bonds is 8. The van der Waals surface area contributed by atoms with E-state index in [9.17, 15) is 14.9 Å². The summed E-state index contributed by atoms with van der Waals surface area (Å²) in [6, 6.07) is 23.9. The zero-order valence-corrected chi connectivity index (χ0v) is 31.8. The normalized spacial score (nSPS) is 18.6. The Bertz CT molecular complexity index is 2030. The molecule has 4 aromatic rings. The van der Waals surface area contributed by atoms with Gasteiger partial charge in [-0.05, 0) is 56.7 Å². The Balaban J connectivity index is 1.13. The lowest BCUT2D eigenvalue weighted by Crippen LogP contribution is -2.55. The van der Waals surface area contributed by atoms with Crippen molar-refractivity contribution in [2.24, 2.45) is 5.92 Å². The van der Waals surface area contributed by atoms with Gasteiger partial charge in [-0.25, -0.2) is 9.59 Å². The predicted molar refractivity (Wildman–Crippen MR) is 207 cm³/mol. The van der Waals surface area contributed by atoms with Crippen LogP contribution in [0.1, 0.15) is 50.4 Å². The Morgan fingerprint density at radius 1 is 0.926 bits per heavy atom. The highest BCUT2D eigenvalue weighted by atomic mass is 35.5. The van der Waals surface area contributed by atoms with E-state index >= 15 is 0 Å². The average molecular weight is 752 g/mol. The van der Waals surface area contributed by atoms with Crippen molar-refractivity contribution >= 4 is 46.1 Å². The number of likely N-dealkylation sites (tertiary alicyclic amines) is 1. The maximum atomic E-state index is 13.3. The Labute approximate surface area is 321 Å². The smallest absolute Gasteiger partial charge is 0.410 e. The lowest BCUT2D eigenvalue weighted by molar-refractivity contribution is 0.0284. The fraction of sp³-hybridized carbons (Fsp3) is 0.439. The molecule has 0 bridgehead atoms. The van der Waals surface area contributed by atoms with Crippen LogP contribution in [-0.4, -0.2) is 89.5 Å². The van der Waals surface area contributed by atoms with Gasteiger partial charge in [-0.3, -0.25) is 0 Å². The Kier molecular flexibility index (Phi) is 11.0. The number of nitrogens with zero attached hydrogens (tertiary/aromatic N) is 7. The third-order valence-electron chi connectivity index (χ3n) is 10.1. The van der Waals surface area contributed by atoms with Gasteiger partial charge < -0.3 is 33.8 Å². The molecule has 0 unspecified atom stereocenters. The minimum atomic E-state index is -0.565. The molecule has 0 spiro atoms. The topological polar surface area (TPSA) is 124 Å². The number of hydrogen-bond acceptors (Lipinski definition) is 10. The summed E-state index contributed by atoms with van der Waals surface area (Å²) in [4.78, 5) is 43.9. The Morgan fingerprint density at radius 3 is 2.50 bits per heavy atom. The first-order chi connectivity index (χ1) is 26.1. The van der Waals surface area contributed by atoms with Crippen molar-refractivity contribution in [3.63, 3.8) is 0 Å². The SMILES string of the molecule is CC(C)(C)OC(=O)N1CC[C@@H](COc2nc3c(c(N4CCN(C(=O)OCc5ccccc5)[C@@H](CC#N)C4)n2)CCN(c2cccc4cccc(Cl)c24)C3)C1. The summed E-state index contributed by atoms with van der Waals surface area (Å²) in [5, 5.41) is 12.6. The summed E-state index contributed by atoms with van der Waals surface area (Å²) < 4.78 is 17.6. The maximum Gasteiger partial charge on any atom is 0.410 e. The molecule has 0 aliphatic carbocycles. The van der Waals surface area contributed by atoms with E-state index in [2.05, 4.69) is 34.1 Å². The van der Waals surface area contributed by atoms with Crippen LogP contribution in [0.15, 0.2) is 66.7 Å². The molecule has 2 saturated heterocycles. The Morgan fingerprint density at radius 2 is 1.72 bits per heavy atom. The number of amides is 2. The molecule has 7 rings (SSSR count). The zero-order chi connectivity index (χ0) is 37.8. The molecular weight excluding hydrogens is 706 g/mol. The van der Waals surface area contributed by atoms with Crippen LogP contribution in [0, 0.1) is 17.2 Å². The van der Waals surface area contributed by atoms with E-state index in [0.717, 1.165) is 52.1 Å². The number of fused-ring (bicyclic) bond motifs is 2. The van der Waals surface area contributed by atoms with Crippen molar-refractivity contribution in [1.82, 2.24) is 19.8 Å². The zero-order valence-electron chi connectivity index (χ0n) is 31.0. The molecule has 2 amide bonds. The molecule has 0 N–H and O–H groups in total. The first-order valence-corrected chi connectivity index (χ1v) is 19.0. The second kappa shape index (κ2) is 16.0. The van der Waals surface area contributed by atoms with Gasteiger partial charge in [0.2, 0.25) is 0 Å². The van der Waals surface area contributed by atoms with Gasteiger partial charge in [-0.1, -0.05) is 66.2 Å². The van der Waals surface area contributed by atoms with Crippen LogP contribution in [0.25, 0.3) is 10.8 Å². The van der Waals surface area contributed by atoms with Crippen LogP contribution in [-0.2, 0) is 29.0 Å². The quantitative estimate of drug-likeness (QED) is 0.182. The lowest BCUT2D eigenvalue weighted by Gasteiger charge is -2.42. The summed E-state index contributed by atoms with van der Waals surface area (Å²) in [6.07, 6.45) is 0.862. The molecule has 3 aliphatic rings. The van der Waals surface area contributed by atoms with Gasteiger partial charge in [0.1, 0.15) is 18.0 Å². The largest absolute Gasteiger partial charge is 0.463 e. The van der Waals surface area contributed by atoms with E-state index in [-0.39, 0.29) is 31.0 Å². The Hall–Kier alpha value is -5.28. The highest BCUT2D eigenvalue weighted by Crippen LogP contribution is 2.37. The van der Waals surface area contributed by atoms with Gasteiger partial charge in [0.15, 0.2) is 0 Å². The standard InChI is InChI=1S/C41H46ClN7O5/c1-41(2,3)54-39(50)48-19-16-29(23-48)27-52-38-44-34-25-46(35-14-8-12-30-11-7-13-33(42)36(30)35)20-17-32(34)37(45-38)47-21-22-49(31(24-47)15-18-43)40(51)53-26-28-9-5-4-6-10-28/h4-14,29,31H,15-17,19-27H2,1-3H3/t29-,31+/m1/s1. The second-order valence-corrected chi connectivity index (χ2v) is 15.5. The lowest BCUT2D eigenvalue weighted by atomic mass is 10.0. The highest BCUT2D eigenvalue weighted by molar-refractivity contribution is 6.36. The molecule has 4 heterocycles. The van der Waals surface area contributed by atoms with Crippen LogP contribution in [0.4, 0.5) is 21.1 Å². The van der Waals surface area contributed by atoms with Crippen molar-refractivity contribution in [3.8, 4) is 12.1 Å². The molecule has 12 nitrogen and oxygen atoms in total.